The van der Waals surface area contributed by atoms with Gasteiger partial charge in [0.05, 0.1) is 6.20 Å². The van der Waals surface area contributed by atoms with Gasteiger partial charge in [-0.1, -0.05) is 17.7 Å². The molecule has 3 aromatic rings. The molecule has 0 radical (unpaired) electrons. The third-order valence-corrected chi connectivity index (χ3v) is 5.81. The van der Waals surface area contributed by atoms with Gasteiger partial charge in [0, 0.05) is 28.3 Å². The quantitative estimate of drug-likeness (QED) is 0.278. The Morgan fingerprint density at radius 3 is 2.74 bits per heavy atom. The number of amides is 4. The van der Waals surface area contributed by atoms with Crippen LogP contribution in [0.3, 0.4) is 0 Å². The van der Waals surface area contributed by atoms with Crippen LogP contribution in [0.4, 0.5) is 22.1 Å². The van der Waals surface area contributed by atoms with Crippen LogP contribution in [-0.4, -0.2) is 45.5 Å². The summed E-state index contributed by atoms with van der Waals surface area (Å²) in [7, 11) is 0. The molecule has 2 aliphatic heterocycles. The predicted molar refractivity (Wildman–Crippen MR) is 127 cm³/mol. The van der Waals surface area contributed by atoms with Crippen molar-refractivity contribution in [1.82, 2.24) is 30.5 Å². The number of urea groups is 1. The Labute approximate surface area is 198 Å². The Hall–Kier alpha value is -3.96. The number of carbonyl (C=O) groups is 3. The fraction of sp³-hybridized carbons (Fsp3) is 0.227. The molecule has 0 spiro atoms. The average Bonchev–Trinajstić information content (AvgIpc) is 3.36. The SMILES string of the molecule is O=C1NC(=O)/C(=C/c2cnn3c(NC(=O)C4CCNCC4)cc(Nc4cccc(Cl)c4)nc23)N1. The van der Waals surface area contributed by atoms with Crippen molar-refractivity contribution in [3.63, 3.8) is 0 Å². The van der Waals surface area contributed by atoms with Gasteiger partial charge in [-0.2, -0.15) is 9.61 Å². The zero-order chi connectivity index (χ0) is 23.7. The van der Waals surface area contributed by atoms with Crippen molar-refractivity contribution in [3.8, 4) is 0 Å². The standard InChI is InChI=1S/C22H21ClN8O3/c23-14-2-1-3-15(9-14)26-17-10-18(29-20(32)12-4-6-24-7-5-12)31-19(28-17)13(11-25-31)8-16-21(33)30-22(34)27-16/h1-3,8-12,24H,4-7H2,(H,26,28)(H,29,32)(H2,27,30,33,34)/b16-8-. The molecule has 2 aliphatic rings. The summed E-state index contributed by atoms with van der Waals surface area (Å²) in [5, 5.41) is 18.9. The number of aromatic nitrogens is 3. The highest BCUT2D eigenvalue weighted by molar-refractivity contribution is 6.30. The molecule has 2 aromatic heterocycles. The van der Waals surface area contributed by atoms with Gasteiger partial charge in [-0.25, -0.2) is 9.78 Å². The van der Waals surface area contributed by atoms with Crippen molar-refractivity contribution in [1.29, 1.82) is 0 Å². The minimum Gasteiger partial charge on any atom is -0.340 e. The fourth-order valence-electron chi connectivity index (χ4n) is 3.90. The van der Waals surface area contributed by atoms with E-state index in [4.69, 9.17) is 11.6 Å². The summed E-state index contributed by atoms with van der Waals surface area (Å²) in [6.45, 7) is 1.58. The van der Waals surface area contributed by atoms with Crippen LogP contribution in [0.1, 0.15) is 18.4 Å². The van der Waals surface area contributed by atoms with E-state index < -0.39 is 11.9 Å². The summed E-state index contributed by atoms with van der Waals surface area (Å²) in [6.07, 6.45) is 4.49. The first-order chi connectivity index (χ1) is 16.5. The largest absolute Gasteiger partial charge is 0.340 e. The predicted octanol–water partition coefficient (Wildman–Crippen LogP) is 2.24. The molecule has 5 rings (SSSR count). The third-order valence-electron chi connectivity index (χ3n) is 5.58. The summed E-state index contributed by atoms with van der Waals surface area (Å²) in [5.41, 5.74) is 1.66. The van der Waals surface area contributed by atoms with E-state index in [-0.39, 0.29) is 17.5 Å². The number of nitrogens with one attached hydrogen (secondary N) is 5. The molecule has 2 saturated heterocycles. The van der Waals surface area contributed by atoms with Gasteiger partial charge in [-0.05, 0) is 50.2 Å². The highest BCUT2D eigenvalue weighted by Crippen LogP contribution is 2.25. The summed E-state index contributed by atoms with van der Waals surface area (Å²) >= 11 is 6.10. The van der Waals surface area contributed by atoms with Gasteiger partial charge in [-0.3, -0.25) is 14.9 Å². The Bertz CT molecular complexity index is 1330. The van der Waals surface area contributed by atoms with Crippen LogP contribution in [0.15, 0.2) is 42.2 Å². The monoisotopic (exact) mass is 480 g/mol. The smallest absolute Gasteiger partial charge is 0.326 e. The normalized spacial score (nSPS) is 17.6. The number of fused-ring (bicyclic) bond motifs is 1. The Morgan fingerprint density at radius 2 is 2.00 bits per heavy atom. The van der Waals surface area contributed by atoms with Gasteiger partial charge < -0.3 is 21.3 Å². The van der Waals surface area contributed by atoms with Crippen LogP contribution >= 0.6 is 11.6 Å². The van der Waals surface area contributed by atoms with E-state index in [1.807, 2.05) is 6.07 Å². The minimum absolute atomic E-state index is 0.0789. The molecule has 4 amide bonds. The molecule has 4 heterocycles. The van der Waals surface area contributed by atoms with Crippen molar-refractivity contribution >= 4 is 58.5 Å². The number of hydrogen-bond acceptors (Lipinski definition) is 7. The Morgan fingerprint density at radius 1 is 1.18 bits per heavy atom. The highest BCUT2D eigenvalue weighted by atomic mass is 35.5. The number of carbonyl (C=O) groups excluding carboxylic acids is 3. The number of rotatable bonds is 5. The zero-order valence-electron chi connectivity index (χ0n) is 17.9. The summed E-state index contributed by atoms with van der Waals surface area (Å²) < 4.78 is 1.49. The number of imide groups is 1. The van der Waals surface area contributed by atoms with Gasteiger partial charge in [0.25, 0.3) is 5.91 Å². The highest BCUT2D eigenvalue weighted by Gasteiger charge is 2.25. The lowest BCUT2D eigenvalue weighted by Gasteiger charge is -2.22. The molecule has 12 heteroatoms. The molecule has 0 unspecified atom stereocenters. The minimum atomic E-state index is -0.598. The molecule has 34 heavy (non-hydrogen) atoms. The van der Waals surface area contributed by atoms with E-state index in [2.05, 4.69) is 36.7 Å². The molecular weight excluding hydrogens is 460 g/mol. The number of hydrogen-bond donors (Lipinski definition) is 5. The van der Waals surface area contributed by atoms with Crippen molar-refractivity contribution in [3.05, 3.63) is 52.8 Å². The summed E-state index contributed by atoms with van der Waals surface area (Å²) in [4.78, 5) is 41.0. The number of halogens is 1. The first-order valence-corrected chi connectivity index (χ1v) is 11.1. The van der Waals surface area contributed by atoms with Crippen LogP contribution < -0.4 is 26.6 Å². The van der Waals surface area contributed by atoms with Crippen molar-refractivity contribution in [2.45, 2.75) is 12.8 Å². The average molecular weight is 481 g/mol. The molecule has 11 nitrogen and oxygen atoms in total. The molecule has 2 fully saturated rings. The van der Waals surface area contributed by atoms with Gasteiger partial charge >= 0.3 is 6.03 Å². The second-order valence-corrected chi connectivity index (χ2v) is 8.41. The van der Waals surface area contributed by atoms with Crippen molar-refractivity contribution in [2.24, 2.45) is 5.92 Å². The molecule has 0 atom stereocenters. The van der Waals surface area contributed by atoms with E-state index in [0.29, 0.717) is 33.6 Å². The molecule has 0 bridgehead atoms. The van der Waals surface area contributed by atoms with Crippen LogP contribution in [0.25, 0.3) is 11.7 Å². The second-order valence-electron chi connectivity index (χ2n) is 7.98. The number of nitrogens with zero attached hydrogens (tertiary/aromatic N) is 3. The lowest BCUT2D eigenvalue weighted by atomic mass is 9.97. The Kier molecular flexibility index (Phi) is 5.86. The molecular formula is C22H21ClN8O3. The van der Waals surface area contributed by atoms with Crippen molar-refractivity contribution in [2.75, 3.05) is 23.7 Å². The molecule has 174 valence electrons. The van der Waals surface area contributed by atoms with Crippen molar-refractivity contribution < 1.29 is 14.4 Å². The summed E-state index contributed by atoms with van der Waals surface area (Å²) in [5.74, 6) is 0.110. The van der Waals surface area contributed by atoms with Gasteiger partial charge in [0.2, 0.25) is 5.91 Å². The van der Waals surface area contributed by atoms with Gasteiger partial charge in [0.1, 0.15) is 17.3 Å². The van der Waals surface area contributed by atoms with Crippen LogP contribution in [-0.2, 0) is 9.59 Å². The Balaban J connectivity index is 1.54. The van der Waals surface area contributed by atoms with Gasteiger partial charge in [0.15, 0.2) is 5.65 Å². The van der Waals surface area contributed by atoms with E-state index in [9.17, 15) is 14.4 Å². The lowest BCUT2D eigenvalue weighted by Crippen LogP contribution is -2.35. The topological polar surface area (TPSA) is 142 Å². The molecule has 0 aliphatic carbocycles. The van der Waals surface area contributed by atoms with Gasteiger partial charge in [-0.15, -0.1) is 0 Å². The van der Waals surface area contributed by atoms with Crippen LogP contribution in [0.2, 0.25) is 5.02 Å². The van der Waals surface area contributed by atoms with Crippen LogP contribution in [0.5, 0.6) is 0 Å². The molecule has 1 aromatic carbocycles. The first-order valence-electron chi connectivity index (χ1n) is 10.7. The first kappa shape index (κ1) is 21.9. The third kappa shape index (κ3) is 4.56. The summed E-state index contributed by atoms with van der Waals surface area (Å²) in [6, 6.07) is 8.23. The maximum absolute atomic E-state index is 12.9. The lowest BCUT2D eigenvalue weighted by molar-refractivity contribution is -0.120. The number of piperidine rings is 1. The maximum atomic E-state index is 12.9. The fourth-order valence-corrected chi connectivity index (χ4v) is 4.09. The van der Waals surface area contributed by atoms with Crippen LogP contribution in [0, 0.1) is 5.92 Å². The number of benzene rings is 1. The van der Waals surface area contributed by atoms with E-state index in [0.717, 1.165) is 25.9 Å². The number of anilines is 3. The van der Waals surface area contributed by atoms with E-state index >= 15 is 0 Å². The maximum Gasteiger partial charge on any atom is 0.326 e. The van der Waals surface area contributed by atoms with E-state index in [1.54, 1.807) is 24.3 Å². The molecule has 0 saturated carbocycles. The zero-order valence-corrected chi connectivity index (χ0v) is 18.6. The second kappa shape index (κ2) is 9.12. The molecule has 5 N–H and O–H groups in total. The van der Waals surface area contributed by atoms with E-state index in [1.165, 1.54) is 16.8 Å².